The molecule has 0 atom stereocenters. The van der Waals surface area contributed by atoms with Crippen LogP contribution in [0.5, 0.6) is 0 Å². The summed E-state index contributed by atoms with van der Waals surface area (Å²) in [5, 5.41) is 13.9. The minimum Gasteiger partial charge on any atom is -0.477 e. The lowest BCUT2D eigenvalue weighted by molar-refractivity contribution is -0.140. The van der Waals surface area contributed by atoms with E-state index in [1.807, 2.05) is 0 Å². The zero-order chi connectivity index (χ0) is 11.0. The van der Waals surface area contributed by atoms with Crippen molar-refractivity contribution in [1.29, 1.82) is 0 Å². The normalized spacial score (nSPS) is 8.43. The highest BCUT2D eigenvalue weighted by molar-refractivity contribution is 5.84. The highest BCUT2D eigenvalue weighted by Crippen LogP contribution is 1.87. The van der Waals surface area contributed by atoms with Crippen molar-refractivity contribution < 1.29 is 19.4 Å². The summed E-state index contributed by atoms with van der Waals surface area (Å²) in [6, 6.07) is 1.39. The monoisotopic (exact) mass is 200 g/mol. The summed E-state index contributed by atoms with van der Waals surface area (Å²) < 4.78 is 4.40. The fourth-order valence-electron chi connectivity index (χ4n) is 0.578. The molecule has 6 nitrogen and oxygen atoms in total. The van der Waals surface area contributed by atoms with Crippen LogP contribution >= 0.6 is 0 Å². The van der Waals surface area contributed by atoms with E-state index >= 15 is 0 Å². The fourth-order valence-corrected chi connectivity index (χ4v) is 0.578. The van der Waals surface area contributed by atoms with Gasteiger partial charge in [-0.2, -0.15) is 5.10 Å². The Kier molecular flexibility index (Phi) is 5.77. The van der Waals surface area contributed by atoms with Crippen LogP contribution in [0.1, 0.15) is 24.3 Å². The highest BCUT2D eigenvalue weighted by Gasteiger charge is 1.99. The van der Waals surface area contributed by atoms with Crippen molar-refractivity contribution in [2.75, 3.05) is 6.61 Å². The van der Waals surface area contributed by atoms with Crippen LogP contribution in [0.25, 0.3) is 0 Å². The van der Waals surface area contributed by atoms with Gasteiger partial charge in [0.1, 0.15) is 5.69 Å². The Morgan fingerprint density at radius 3 is 2.43 bits per heavy atom. The van der Waals surface area contributed by atoms with E-state index in [1.165, 1.54) is 19.2 Å². The predicted octanol–water partition coefficient (Wildman–Crippen LogP) is 0.677. The van der Waals surface area contributed by atoms with Crippen LogP contribution in [0.15, 0.2) is 12.3 Å². The molecule has 6 heteroatoms. The lowest BCUT2D eigenvalue weighted by Gasteiger charge is -1.89. The second-order valence-electron chi connectivity index (χ2n) is 2.20. The number of H-pyrrole nitrogens is 1. The van der Waals surface area contributed by atoms with Gasteiger partial charge in [-0.25, -0.2) is 4.79 Å². The first-order valence-corrected chi connectivity index (χ1v) is 3.94. The molecule has 0 saturated heterocycles. The third-order valence-corrected chi connectivity index (χ3v) is 1.08. The average molecular weight is 200 g/mol. The van der Waals surface area contributed by atoms with E-state index in [-0.39, 0.29) is 11.7 Å². The maximum absolute atomic E-state index is 9.99. The molecule has 0 aliphatic rings. The Hall–Kier alpha value is -1.85. The first kappa shape index (κ1) is 12.2. The quantitative estimate of drug-likeness (QED) is 0.685. The van der Waals surface area contributed by atoms with Crippen LogP contribution in [0.3, 0.4) is 0 Å². The molecule has 1 aromatic heterocycles. The summed E-state index contributed by atoms with van der Waals surface area (Å²) in [6.07, 6.45) is 1.39. The van der Waals surface area contributed by atoms with E-state index in [9.17, 15) is 9.59 Å². The van der Waals surface area contributed by atoms with Crippen LogP contribution < -0.4 is 0 Å². The molecule has 0 bridgehead atoms. The first-order chi connectivity index (χ1) is 6.57. The van der Waals surface area contributed by atoms with Crippen LogP contribution in [0.2, 0.25) is 0 Å². The summed E-state index contributed by atoms with van der Waals surface area (Å²) in [7, 11) is 0. The molecule has 0 amide bonds. The standard InChI is InChI=1S/C4H4N2O2.C4H8O2/c7-4(8)3-1-2-5-6-3;1-3-6-4(2)5/h1-2H,(H,5,6)(H,7,8);3H2,1-2H3. The summed E-state index contributed by atoms with van der Waals surface area (Å²) in [4.78, 5) is 19.8. The smallest absolute Gasteiger partial charge is 0.353 e. The van der Waals surface area contributed by atoms with Gasteiger partial charge >= 0.3 is 11.9 Å². The average Bonchev–Trinajstić information content (AvgIpc) is 2.56. The van der Waals surface area contributed by atoms with Gasteiger partial charge in [-0.1, -0.05) is 0 Å². The number of rotatable bonds is 2. The first-order valence-electron chi connectivity index (χ1n) is 3.94. The van der Waals surface area contributed by atoms with E-state index in [2.05, 4.69) is 14.9 Å². The minimum absolute atomic E-state index is 0.116. The van der Waals surface area contributed by atoms with Gasteiger partial charge in [0.15, 0.2) is 0 Å². The SMILES string of the molecule is CCOC(C)=O.O=C(O)c1ccn[nH]1. The van der Waals surface area contributed by atoms with Crippen molar-refractivity contribution >= 4 is 11.9 Å². The van der Waals surface area contributed by atoms with Crippen LogP contribution in [-0.2, 0) is 9.53 Å². The van der Waals surface area contributed by atoms with Crippen molar-refractivity contribution in [1.82, 2.24) is 10.2 Å². The van der Waals surface area contributed by atoms with Gasteiger partial charge in [-0.05, 0) is 13.0 Å². The maximum Gasteiger partial charge on any atom is 0.353 e. The molecule has 0 aliphatic carbocycles. The number of hydrogen-bond donors (Lipinski definition) is 2. The van der Waals surface area contributed by atoms with Gasteiger partial charge in [-0.3, -0.25) is 9.89 Å². The Bertz CT molecular complexity index is 282. The number of carbonyl (C=O) groups is 2. The second-order valence-corrected chi connectivity index (χ2v) is 2.20. The summed E-state index contributed by atoms with van der Waals surface area (Å²) in [6.45, 7) is 3.65. The number of nitrogens with zero attached hydrogens (tertiary/aromatic N) is 1. The lowest BCUT2D eigenvalue weighted by Crippen LogP contribution is -1.95. The largest absolute Gasteiger partial charge is 0.477 e. The lowest BCUT2D eigenvalue weighted by atomic mass is 10.5. The number of aromatic amines is 1. The van der Waals surface area contributed by atoms with Gasteiger partial charge in [0.25, 0.3) is 0 Å². The summed E-state index contributed by atoms with van der Waals surface area (Å²) >= 11 is 0. The molecule has 1 aromatic rings. The Morgan fingerprint density at radius 2 is 2.29 bits per heavy atom. The van der Waals surface area contributed by atoms with Gasteiger partial charge in [-0.15, -0.1) is 0 Å². The number of carbonyl (C=O) groups excluding carboxylic acids is 1. The molecule has 0 aromatic carbocycles. The molecule has 14 heavy (non-hydrogen) atoms. The fraction of sp³-hybridized carbons (Fsp3) is 0.375. The van der Waals surface area contributed by atoms with Crippen molar-refractivity contribution in [2.24, 2.45) is 0 Å². The number of aromatic nitrogens is 2. The van der Waals surface area contributed by atoms with E-state index in [4.69, 9.17) is 5.11 Å². The third-order valence-electron chi connectivity index (χ3n) is 1.08. The summed E-state index contributed by atoms with van der Waals surface area (Å²) in [5.74, 6) is -1.19. The van der Waals surface area contributed by atoms with Gasteiger partial charge in [0, 0.05) is 13.1 Å². The molecular formula is C8H12N2O4. The molecule has 1 rings (SSSR count). The minimum atomic E-state index is -0.984. The van der Waals surface area contributed by atoms with Crippen LogP contribution in [0.4, 0.5) is 0 Å². The number of esters is 1. The highest BCUT2D eigenvalue weighted by atomic mass is 16.5. The van der Waals surface area contributed by atoms with E-state index in [0.29, 0.717) is 6.61 Å². The zero-order valence-electron chi connectivity index (χ0n) is 7.98. The predicted molar refractivity (Wildman–Crippen MR) is 47.9 cm³/mol. The van der Waals surface area contributed by atoms with E-state index in [0.717, 1.165) is 0 Å². The zero-order valence-corrected chi connectivity index (χ0v) is 7.98. The molecule has 1 heterocycles. The number of nitrogens with one attached hydrogen (secondary N) is 1. The van der Waals surface area contributed by atoms with Gasteiger partial charge < -0.3 is 9.84 Å². The Balaban J connectivity index is 0.000000255. The number of carboxylic acid groups (broad SMARTS) is 1. The third kappa shape index (κ3) is 5.76. The molecule has 0 aliphatic heterocycles. The molecule has 0 fully saturated rings. The Morgan fingerprint density at radius 1 is 1.64 bits per heavy atom. The molecule has 78 valence electrons. The van der Waals surface area contributed by atoms with Crippen molar-refractivity contribution in [2.45, 2.75) is 13.8 Å². The number of ether oxygens (including phenoxy) is 1. The van der Waals surface area contributed by atoms with Crippen molar-refractivity contribution in [3.8, 4) is 0 Å². The number of aromatic carboxylic acids is 1. The Labute approximate surface area is 80.9 Å². The number of hydrogen-bond acceptors (Lipinski definition) is 4. The molecule has 0 spiro atoms. The van der Waals surface area contributed by atoms with Gasteiger partial charge in [0.05, 0.1) is 6.61 Å². The van der Waals surface area contributed by atoms with Crippen LogP contribution in [-0.4, -0.2) is 33.8 Å². The topological polar surface area (TPSA) is 92.3 Å². The molecular weight excluding hydrogens is 188 g/mol. The van der Waals surface area contributed by atoms with Crippen molar-refractivity contribution in [3.63, 3.8) is 0 Å². The van der Waals surface area contributed by atoms with E-state index < -0.39 is 5.97 Å². The molecule has 2 N–H and O–H groups in total. The maximum atomic E-state index is 9.99. The van der Waals surface area contributed by atoms with Crippen molar-refractivity contribution in [3.05, 3.63) is 18.0 Å². The van der Waals surface area contributed by atoms with Crippen LogP contribution in [0, 0.1) is 0 Å². The van der Waals surface area contributed by atoms with E-state index in [1.54, 1.807) is 6.92 Å². The summed E-state index contributed by atoms with van der Waals surface area (Å²) in [5.41, 5.74) is 0.116. The second kappa shape index (κ2) is 6.64. The molecule has 0 saturated carbocycles. The number of carboxylic acids is 1. The molecule has 0 unspecified atom stereocenters. The molecule has 0 radical (unpaired) electrons. The van der Waals surface area contributed by atoms with Gasteiger partial charge in [0.2, 0.25) is 0 Å².